The van der Waals surface area contributed by atoms with Gasteiger partial charge in [0.25, 0.3) is 5.69 Å². The van der Waals surface area contributed by atoms with E-state index in [1.165, 1.54) is 18.2 Å². The SMILES string of the molecule is CN(CCO)Cc1cc([N+](=O)[O-])ccc1N. The predicted molar refractivity (Wildman–Crippen MR) is 60.9 cm³/mol. The second-order valence-electron chi connectivity index (χ2n) is 3.60. The maximum absolute atomic E-state index is 10.6. The molecule has 88 valence electrons. The van der Waals surface area contributed by atoms with E-state index >= 15 is 0 Å². The van der Waals surface area contributed by atoms with Crippen LogP contribution in [0.5, 0.6) is 0 Å². The number of hydrogen-bond acceptors (Lipinski definition) is 5. The van der Waals surface area contributed by atoms with Crippen molar-refractivity contribution in [1.82, 2.24) is 4.90 Å². The standard InChI is InChI=1S/C10H15N3O3/c1-12(4-5-14)7-8-6-9(13(15)16)2-3-10(8)11/h2-3,6,14H,4-5,7,11H2,1H3. The molecule has 0 amide bonds. The van der Waals surface area contributed by atoms with Gasteiger partial charge in [0.2, 0.25) is 0 Å². The second-order valence-corrected chi connectivity index (χ2v) is 3.60. The van der Waals surface area contributed by atoms with Crippen molar-refractivity contribution in [2.45, 2.75) is 6.54 Å². The Kier molecular flexibility index (Phi) is 4.21. The predicted octanol–water partition coefficient (Wildman–Crippen LogP) is 0.601. The van der Waals surface area contributed by atoms with Crippen LogP contribution < -0.4 is 5.73 Å². The Morgan fingerprint density at radius 3 is 2.81 bits per heavy atom. The van der Waals surface area contributed by atoms with E-state index in [2.05, 4.69) is 0 Å². The van der Waals surface area contributed by atoms with Crippen molar-refractivity contribution in [3.8, 4) is 0 Å². The molecule has 0 aliphatic carbocycles. The lowest BCUT2D eigenvalue weighted by atomic mass is 10.1. The molecular formula is C10H15N3O3. The molecule has 0 saturated heterocycles. The molecule has 6 nitrogen and oxygen atoms in total. The second kappa shape index (κ2) is 5.43. The van der Waals surface area contributed by atoms with Gasteiger partial charge in [-0.1, -0.05) is 0 Å². The number of aliphatic hydroxyl groups excluding tert-OH is 1. The molecule has 0 fully saturated rings. The normalized spacial score (nSPS) is 10.7. The highest BCUT2D eigenvalue weighted by Crippen LogP contribution is 2.20. The summed E-state index contributed by atoms with van der Waals surface area (Å²) in [6.07, 6.45) is 0. The lowest BCUT2D eigenvalue weighted by Crippen LogP contribution is -2.22. The van der Waals surface area contributed by atoms with E-state index in [1.807, 2.05) is 11.9 Å². The van der Waals surface area contributed by atoms with Crippen LogP contribution in [0.1, 0.15) is 5.56 Å². The summed E-state index contributed by atoms with van der Waals surface area (Å²) in [5.74, 6) is 0. The highest BCUT2D eigenvalue weighted by Gasteiger charge is 2.10. The van der Waals surface area contributed by atoms with Gasteiger partial charge < -0.3 is 10.8 Å². The van der Waals surface area contributed by atoms with Crippen LogP contribution in [-0.4, -0.2) is 35.1 Å². The first-order valence-corrected chi connectivity index (χ1v) is 4.86. The van der Waals surface area contributed by atoms with E-state index in [1.54, 1.807) is 0 Å². The Labute approximate surface area is 93.4 Å². The number of anilines is 1. The van der Waals surface area contributed by atoms with E-state index in [0.29, 0.717) is 24.3 Å². The summed E-state index contributed by atoms with van der Waals surface area (Å²) in [5.41, 5.74) is 6.97. The van der Waals surface area contributed by atoms with Crippen LogP contribution in [0.25, 0.3) is 0 Å². The van der Waals surface area contributed by atoms with Crippen molar-refractivity contribution in [2.24, 2.45) is 0 Å². The van der Waals surface area contributed by atoms with Gasteiger partial charge in [0.1, 0.15) is 0 Å². The van der Waals surface area contributed by atoms with Gasteiger partial charge in [-0.2, -0.15) is 0 Å². The highest BCUT2D eigenvalue weighted by molar-refractivity contribution is 5.52. The van der Waals surface area contributed by atoms with Gasteiger partial charge in [0.05, 0.1) is 11.5 Å². The third kappa shape index (κ3) is 3.18. The zero-order chi connectivity index (χ0) is 12.1. The number of non-ortho nitro benzene ring substituents is 1. The lowest BCUT2D eigenvalue weighted by Gasteiger charge is -2.16. The summed E-state index contributed by atoms with van der Waals surface area (Å²) in [4.78, 5) is 12.0. The van der Waals surface area contributed by atoms with Crippen molar-refractivity contribution in [1.29, 1.82) is 0 Å². The van der Waals surface area contributed by atoms with Crippen LogP contribution in [0.4, 0.5) is 11.4 Å². The van der Waals surface area contributed by atoms with Gasteiger partial charge >= 0.3 is 0 Å². The van der Waals surface area contributed by atoms with Crippen LogP contribution in [0.15, 0.2) is 18.2 Å². The van der Waals surface area contributed by atoms with Crippen LogP contribution in [0.3, 0.4) is 0 Å². The molecule has 0 aliphatic rings. The molecule has 1 aromatic carbocycles. The summed E-state index contributed by atoms with van der Waals surface area (Å²) in [5, 5.41) is 19.3. The molecule has 16 heavy (non-hydrogen) atoms. The maximum atomic E-state index is 10.6. The lowest BCUT2D eigenvalue weighted by molar-refractivity contribution is -0.384. The topological polar surface area (TPSA) is 92.6 Å². The van der Waals surface area contributed by atoms with Gasteiger partial charge in [-0.15, -0.1) is 0 Å². The third-order valence-corrected chi connectivity index (χ3v) is 2.26. The number of nitrogens with zero attached hydrogens (tertiary/aromatic N) is 2. The Bertz CT molecular complexity index is 382. The molecule has 0 aliphatic heterocycles. The highest BCUT2D eigenvalue weighted by atomic mass is 16.6. The van der Waals surface area contributed by atoms with Gasteiger partial charge in [-0.3, -0.25) is 15.0 Å². The first kappa shape index (κ1) is 12.4. The van der Waals surface area contributed by atoms with Gasteiger partial charge in [0.15, 0.2) is 0 Å². The van der Waals surface area contributed by atoms with Crippen LogP contribution >= 0.6 is 0 Å². The van der Waals surface area contributed by atoms with E-state index in [0.717, 1.165) is 0 Å². The van der Waals surface area contributed by atoms with E-state index in [9.17, 15) is 10.1 Å². The monoisotopic (exact) mass is 225 g/mol. The number of nitro benzene ring substituents is 1. The van der Waals surface area contributed by atoms with Crippen LogP contribution in [-0.2, 0) is 6.54 Å². The fraction of sp³-hybridized carbons (Fsp3) is 0.400. The number of hydrogen-bond donors (Lipinski definition) is 2. The van der Waals surface area contributed by atoms with Gasteiger partial charge in [-0.25, -0.2) is 0 Å². The Morgan fingerprint density at radius 1 is 1.56 bits per heavy atom. The zero-order valence-electron chi connectivity index (χ0n) is 9.09. The van der Waals surface area contributed by atoms with Crippen molar-refractivity contribution in [3.05, 3.63) is 33.9 Å². The first-order chi connectivity index (χ1) is 7.54. The fourth-order valence-electron chi connectivity index (χ4n) is 1.38. The molecule has 1 rings (SSSR count). The molecular weight excluding hydrogens is 210 g/mol. The molecule has 0 atom stereocenters. The summed E-state index contributed by atoms with van der Waals surface area (Å²) in [6, 6.07) is 4.37. The molecule has 1 aromatic rings. The minimum atomic E-state index is -0.449. The zero-order valence-corrected chi connectivity index (χ0v) is 9.09. The number of rotatable bonds is 5. The number of nitrogens with two attached hydrogens (primary N) is 1. The number of benzene rings is 1. The summed E-state index contributed by atoms with van der Waals surface area (Å²) >= 11 is 0. The van der Waals surface area contributed by atoms with Crippen LogP contribution in [0, 0.1) is 10.1 Å². The molecule has 0 bridgehead atoms. The third-order valence-electron chi connectivity index (χ3n) is 2.26. The summed E-state index contributed by atoms with van der Waals surface area (Å²) in [7, 11) is 1.81. The average molecular weight is 225 g/mol. The first-order valence-electron chi connectivity index (χ1n) is 4.86. The molecule has 0 radical (unpaired) electrons. The van der Waals surface area contributed by atoms with Gasteiger partial charge in [-0.05, 0) is 18.7 Å². The van der Waals surface area contributed by atoms with Crippen molar-refractivity contribution < 1.29 is 10.0 Å². The minimum absolute atomic E-state index is 0.0293. The maximum Gasteiger partial charge on any atom is 0.269 e. The van der Waals surface area contributed by atoms with Crippen molar-refractivity contribution >= 4 is 11.4 Å². The molecule has 0 spiro atoms. The Morgan fingerprint density at radius 2 is 2.25 bits per heavy atom. The van der Waals surface area contributed by atoms with E-state index in [-0.39, 0.29) is 12.3 Å². The van der Waals surface area contributed by atoms with E-state index < -0.39 is 4.92 Å². The van der Waals surface area contributed by atoms with Gasteiger partial charge in [0, 0.05) is 30.9 Å². The number of nitro groups is 1. The number of aliphatic hydroxyl groups is 1. The fourth-order valence-corrected chi connectivity index (χ4v) is 1.38. The molecule has 3 N–H and O–H groups in total. The van der Waals surface area contributed by atoms with Crippen molar-refractivity contribution in [2.75, 3.05) is 25.9 Å². The average Bonchev–Trinajstić information content (AvgIpc) is 2.21. The molecule has 6 heteroatoms. The molecule has 0 heterocycles. The number of likely N-dealkylation sites (N-methyl/N-ethyl adjacent to an activating group) is 1. The molecule has 0 unspecified atom stereocenters. The Balaban J connectivity index is 2.85. The van der Waals surface area contributed by atoms with Crippen molar-refractivity contribution in [3.63, 3.8) is 0 Å². The smallest absolute Gasteiger partial charge is 0.269 e. The number of nitrogen functional groups attached to an aromatic ring is 1. The van der Waals surface area contributed by atoms with Crippen LogP contribution in [0.2, 0.25) is 0 Å². The van der Waals surface area contributed by atoms with E-state index in [4.69, 9.17) is 10.8 Å². The minimum Gasteiger partial charge on any atom is -0.398 e. The largest absolute Gasteiger partial charge is 0.398 e. The summed E-state index contributed by atoms with van der Waals surface area (Å²) in [6.45, 7) is 1.03. The molecule has 0 saturated carbocycles. The summed E-state index contributed by atoms with van der Waals surface area (Å²) < 4.78 is 0. The quantitative estimate of drug-likeness (QED) is 0.435. The Hall–Kier alpha value is -1.66. The molecule has 0 aromatic heterocycles.